The first-order chi connectivity index (χ1) is 14.5. The predicted molar refractivity (Wildman–Crippen MR) is 123 cm³/mol. The van der Waals surface area contributed by atoms with Crippen LogP contribution in [0.2, 0.25) is 5.02 Å². The van der Waals surface area contributed by atoms with Crippen molar-refractivity contribution < 1.29 is 0 Å². The maximum atomic E-state index is 13.9. The summed E-state index contributed by atoms with van der Waals surface area (Å²) in [6.07, 6.45) is 4.57. The molecule has 156 valence electrons. The van der Waals surface area contributed by atoms with Gasteiger partial charge in [-0.3, -0.25) is 9.36 Å². The Kier molecular flexibility index (Phi) is 4.95. The Labute approximate surface area is 182 Å². The largest absolute Gasteiger partial charge is 0.300 e. The third-order valence-corrected chi connectivity index (χ3v) is 7.46. The van der Waals surface area contributed by atoms with E-state index in [0.717, 1.165) is 46.3 Å². The molecule has 2 atom stereocenters. The molecule has 2 bridgehead atoms. The van der Waals surface area contributed by atoms with Crippen LogP contribution in [0, 0.1) is 6.92 Å². The van der Waals surface area contributed by atoms with E-state index in [9.17, 15) is 4.79 Å². The molecular weight excluding hydrogens is 394 g/mol. The fraction of sp³-hybridized carbons (Fsp3) is 0.440. The minimum Gasteiger partial charge on any atom is -0.300 e. The number of halogens is 1. The number of pyridine rings is 2. The lowest BCUT2D eigenvalue weighted by Crippen LogP contribution is -2.41. The summed E-state index contributed by atoms with van der Waals surface area (Å²) in [7, 11) is 2.24. The van der Waals surface area contributed by atoms with Gasteiger partial charge in [0.2, 0.25) is 0 Å². The summed E-state index contributed by atoms with van der Waals surface area (Å²) < 4.78 is 1.87. The van der Waals surface area contributed by atoms with Crippen LogP contribution in [0.15, 0.2) is 41.2 Å². The molecule has 2 fully saturated rings. The summed E-state index contributed by atoms with van der Waals surface area (Å²) in [5.74, 6) is 0.267. The molecule has 0 radical (unpaired) electrons. The lowest BCUT2D eigenvalue weighted by molar-refractivity contribution is 0.161. The molecule has 4 nitrogen and oxygen atoms in total. The van der Waals surface area contributed by atoms with Crippen molar-refractivity contribution in [1.29, 1.82) is 0 Å². The van der Waals surface area contributed by atoms with Gasteiger partial charge in [0, 0.05) is 45.9 Å². The van der Waals surface area contributed by atoms with Crippen LogP contribution in [0.5, 0.6) is 0 Å². The van der Waals surface area contributed by atoms with Crippen LogP contribution in [0.25, 0.3) is 22.2 Å². The summed E-state index contributed by atoms with van der Waals surface area (Å²) in [4.78, 5) is 21.2. The van der Waals surface area contributed by atoms with Crippen molar-refractivity contribution >= 4 is 22.6 Å². The number of rotatable bonds is 3. The lowest BCUT2D eigenvalue weighted by Gasteiger charge is -2.37. The maximum absolute atomic E-state index is 13.9. The Bertz CT molecular complexity index is 1170. The van der Waals surface area contributed by atoms with Crippen molar-refractivity contribution in [3.05, 3.63) is 63.0 Å². The fourth-order valence-corrected chi connectivity index (χ4v) is 5.90. The molecule has 4 heterocycles. The van der Waals surface area contributed by atoms with E-state index in [2.05, 4.69) is 24.1 Å². The molecule has 2 aromatic heterocycles. The topological polar surface area (TPSA) is 38.1 Å². The van der Waals surface area contributed by atoms with Crippen molar-refractivity contribution in [2.45, 2.75) is 64.1 Å². The minimum absolute atomic E-state index is 0.118. The van der Waals surface area contributed by atoms with E-state index in [0.29, 0.717) is 23.7 Å². The highest BCUT2D eigenvalue weighted by Crippen LogP contribution is 2.45. The highest BCUT2D eigenvalue weighted by atomic mass is 35.5. The molecule has 2 aliphatic rings. The molecule has 3 aromatic rings. The number of aromatic nitrogens is 2. The number of fused-ring (bicyclic) bond motifs is 3. The van der Waals surface area contributed by atoms with Crippen LogP contribution in [0.1, 0.15) is 49.8 Å². The molecule has 5 heteroatoms. The smallest absolute Gasteiger partial charge is 0.256 e. The second-order valence-corrected chi connectivity index (χ2v) is 9.33. The van der Waals surface area contributed by atoms with Gasteiger partial charge in [-0.2, -0.15) is 0 Å². The number of nitrogens with zero attached hydrogens (tertiary/aromatic N) is 3. The van der Waals surface area contributed by atoms with Crippen LogP contribution in [-0.2, 0) is 6.54 Å². The van der Waals surface area contributed by atoms with Gasteiger partial charge in [0.1, 0.15) is 5.65 Å². The third-order valence-electron chi connectivity index (χ3n) is 7.22. The molecule has 0 spiro atoms. The zero-order valence-corrected chi connectivity index (χ0v) is 18.6. The summed E-state index contributed by atoms with van der Waals surface area (Å²) in [6, 6.07) is 13.2. The van der Waals surface area contributed by atoms with E-state index >= 15 is 0 Å². The Balaban J connectivity index is 1.83. The molecule has 30 heavy (non-hydrogen) atoms. The molecule has 2 aliphatic heterocycles. The summed E-state index contributed by atoms with van der Waals surface area (Å²) >= 11 is 6.38. The summed E-state index contributed by atoms with van der Waals surface area (Å²) in [6.45, 7) is 4.63. The number of hydrogen-bond acceptors (Lipinski definition) is 3. The van der Waals surface area contributed by atoms with Crippen LogP contribution < -0.4 is 5.56 Å². The van der Waals surface area contributed by atoms with Gasteiger partial charge in [-0.1, -0.05) is 23.7 Å². The molecule has 0 N–H and O–H groups in total. The monoisotopic (exact) mass is 421 g/mol. The Morgan fingerprint density at radius 3 is 2.53 bits per heavy atom. The normalized spacial score (nSPS) is 23.9. The number of hydrogen-bond donors (Lipinski definition) is 0. The van der Waals surface area contributed by atoms with Gasteiger partial charge in [-0.15, -0.1) is 0 Å². The van der Waals surface area contributed by atoms with Gasteiger partial charge in [0.25, 0.3) is 5.56 Å². The molecule has 2 unspecified atom stereocenters. The van der Waals surface area contributed by atoms with Crippen LogP contribution in [0.3, 0.4) is 0 Å². The van der Waals surface area contributed by atoms with Crippen LogP contribution >= 0.6 is 11.6 Å². The summed E-state index contributed by atoms with van der Waals surface area (Å²) in [5, 5.41) is 1.74. The van der Waals surface area contributed by atoms with Gasteiger partial charge in [-0.05, 0) is 82.3 Å². The Hall–Kier alpha value is -2.17. The molecule has 2 saturated heterocycles. The van der Waals surface area contributed by atoms with E-state index < -0.39 is 0 Å². The summed E-state index contributed by atoms with van der Waals surface area (Å²) in [5.41, 5.74) is 4.82. The highest BCUT2D eigenvalue weighted by Gasteiger charge is 2.41. The van der Waals surface area contributed by atoms with E-state index in [4.69, 9.17) is 16.6 Å². The number of aryl methyl sites for hydroxylation is 2. The van der Waals surface area contributed by atoms with Crippen LogP contribution in [0.4, 0.5) is 0 Å². The second kappa shape index (κ2) is 7.51. The van der Waals surface area contributed by atoms with Crippen molar-refractivity contribution in [3.63, 3.8) is 0 Å². The van der Waals surface area contributed by atoms with E-state index in [1.54, 1.807) is 0 Å². The SMILES string of the molecule is CCn1c(=O)c(C2CC3CCC(C2)N3C)c(-c2cccc(Cl)c2)c2ccc(C)nc21. The first kappa shape index (κ1) is 19.8. The zero-order valence-electron chi connectivity index (χ0n) is 17.9. The van der Waals surface area contributed by atoms with Crippen molar-refractivity contribution in [1.82, 2.24) is 14.5 Å². The molecular formula is C25H28ClN3O. The minimum atomic E-state index is 0.118. The fourth-order valence-electron chi connectivity index (χ4n) is 5.71. The average molecular weight is 422 g/mol. The van der Waals surface area contributed by atoms with Gasteiger partial charge in [0.15, 0.2) is 0 Å². The predicted octanol–water partition coefficient (Wildman–Crippen LogP) is 5.39. The quantitative estimate of drug-likeness (QED) is 0.569. The van der Waals surface area contributed by atoms with Crippen molar-refractivity contribution in [2.24, 2.45) is 0 Å². The van der Waals surface area contributed by atoms with Gasteiger partial charge >= 0.3 is 0 Å². The molecule has 0 saturated carbocycles. The number of benzene rings is 1. The average Bonchev–Trinajstić information content (AvgIpc) is 2.93. The molecule has 5 rings (SSSR count). The molecule has 1 aromatic carbocycles. The lowest BCUT2D eigenvalue weighted by atomic mass is 9.81. The first-order valence-electron chi connectivity index (χ1n) is 11.0. The maximum Gasteiger partial charge on any atom is 0.256 e. The Morgan fingerprint density at radius 1 is 1.13 bits per heavy atom. The second-order valence-electron chi connectivity index (χ2n) is 8.89. The van der Waals surface area contributed by atoms with Gasteiger partial charge < -0.3 is 4.90 Å². The van der Waals surface area contributed by atoms with E-state index in [-0.39, 0.29) is 11.5 Å². The van der Waals surface area contributed by atoms with Crippen LogP contribution in [-0.4, -0.2) is 33.6 Å². The Morgan fingerprint density at radius 2 is 1.87 bits per heavy atom. The molecule has 0 amide bonds. The molecule has 0 aliphatic carbocycles. The van der Waals surface area contributed by atoms with Crippen molar-refractivity contribution in [3.8, 4) is 11.1 Å². The van der Waals surface area contributed by atoms with Crippen molar-refractivity contribution in [2.75, 3.05) is 7.05 Å². The van der Waals surface area contributed by atoms with E-state index in [1.807, 2.05) is 42.7 Å². The number of piperidine rings is 1. The first-order valence-corrected chi connectivity index (χ1v) is 11.4. The van der Waals surface area contributed by atoms with Gasteiger partial charge in [0.05, 0.1) is 0 Å². The zero-order chi connectivity index (χ0) is 21.0. The van der Waals surface area contributed by atoms with E-state index in [1.165, 1.54) is 12.8 Å². The van der Waals surface area contributed by atoms with Gasteiger partial charge in [-0.25, -0.2) is 4.98 Å². The highest BCUT2D eigenvalue weighted by molar-refractivity contribution is 6.30. The standard InChI is InChI=1S/C25H28ClN3O/c1-4-29-24-21(11-8-15(2)27-24)22(16-6-5-7-18(26)12-16)23(25(29)30)17-13-19-9-10-20(14-17)28(19)3/h5-8,11-12,17,19-20H,4,9-10,13-14H2,1-3H3. The third kappa shape index (κ3) is 3.09.